The monoisotopic (exact) mass is 413 g/mol. The van der Waals surface area contributed by atoms with Gasteiger partial charge in [0, 0.05) is 12.0 Å². The summed E-state index contributed by atoms with van der Waals surface area (Å²) in [6.07, 6.45) is 1.60. The molecule has 31 heavy (non-hydrogen) atoms. The molecule has 0 radical (unpaired) electrons. The van der Waals surface area contributed by atoms with Crippen LogP contribution in [0, 0.1) is 0 Å². The fraction of sp³-hybridized carbons (Fsp3) is 0.192. The summed E-state index contributed by atoms with van der Waals surface area (Å²) in [5, 5.41) is 12.2. The van der Waals surface area contributed by atoms with Crippen molar-refractivity contribution in [2.45, 2.75) is 31.2 Å². The third kappa shape index (κ3) is 4.40. The zero-order valence-corrected chi connectivity index (χ0v) is 17.0. The van der Waals surface area contributed by atoms with E-state index in [1.807, 2.05) is 66.7 Å². The smallest absolute Gasteiger partial charge is 0.377 e. The average molecular weight is 413 g/mol. The molecule has 0 saturated carbocycles. The van der Waals surface area contributed by atoms with Gasteiger partial charge in [0.25, 0.3) is 5.78 Å². The van der Waals surface area contributed by atoms with Crippen LogP contribution in [0.15, 0.2) is 78.9 Å². The maximum atomic E-state index is 13.0. The van der Waals surface area contributed by atoms with Crippen LogP contribution >= 0.6 is 0 Å². The molecule has 3 aromatic carbocycles. The van der Waals surface area contributed by atoms with Gasteiger partial charge >= 0.3 is 5.97 Å². The Hall–Kier alpha value is -3.73. The third-order valence-electron chi connectivity index (χ3n) is 5.84. The predicted molar refractivity (Wildman–Crippen MR) is 117 cm³/mol. The number of carboxylic acids is 1. The van der Waals surface area contributed by atoms with Crippen molar-refractivity contribution in [1.29, 1.82) is 0 Å². The molecule has 1 unspecified atom stereocenters. The molecule has 5 heteroatoms. The number of nitrogens with one attached hydrogen (secondary N) is 1. The molecule has 0 aromatic heterocycles. The Kier molecular flexibility index (Phi) is 5.94. The first-order valence-electron chi connectivity index (χ1n) is 10.3. The molecule has 0 saturated heterocycles. The van der Waals surface area contributed by atoms with E-state index in [4.69, 9.17) is 5.11 Å². The number of hydrogen-bond donors (Lipinski definition) is 2. The van der Waals surface area contributed by atoms with Gasteiger partial charge in [-0.05, 0) is 41.0 Å². The van der Waals surface area contributed by atoms with E-state index in [0.717, 1.165) is 22.3 Å². The second-order valence-electron chi connectivity index (χ2n) is 7.77. The molecule has 1 amide bonds. The zero-order valence-electron chi connectivity index (χ0n) is 17.0. The van der Waals surface area contributed by atoms with E-state index >= 15 is 0 Å². The van der Waals surface area contributed by atoms with Crippen LogP contribution in [0.3, 0.4) is 0 Å². The third-order valence-corrected chi connectivity index (χ3v) is 5.84. The molecule has 156 valence electrons. The number of hydrogen-bond acceptors (Lipinski definition) is 3. The number of ketones is 1. The summed E-state index contributed by atoms with van der Waals surface area (Å²) in [6.45, 7) is 0. The van der Waals surface area contributed by atoms with Gasteiger partial charge in [0.15, 0.2) is 0 Å². The van der Waals surface area contributed by atoms with Crippen LogP contribution in [0.4, 0.5) is 0 Å². The topological polar surface area (TPSA) is 83.5 Å². The van der Waals surface area contributed by atoms with Crippen LogP contribution in [0.2, 0.25) is 0 Å². The van der Waals surface area contributed by atoms with Gasteiger partial charge in [0.1, 0.15) is 0 Å². The lowest BCUT2D eigenvalue weighted by Crippen LogP contribution is -2.30. The fourth-order valence-electron chi connectivity index (χ4n) is 4.37. The summed E-state index contributed by atoms with van der Waals surface area (Å²) in [5.41, 5.74) is 3.90. The van der Waals surface area contributed by atoms with E-state index in [1.165, 1.54) is 0 Å². The molecule has 0 spiro atoms. The summed E-state index contributed by atoms with van der Waals surface area (Å²) < 4.78 is 0. The number of carbonyl (C=O) groups is 3. The maximum absolute atomic E-state index is 13.0. The summed E-state index contributed by atoms with van der Waals surface area (Å²) >= 11 is 0. The quantitative estimate of drug-likeness (QED) is 0.447. The molecule has 1 atom stereocenters. The van der Waals surface area contributed by atoms with Crippen molar-refractivity contribution in [3.63, 3.8) is 0 Å². The molecule has 0 bridgehead atoms. The molecule has 0 heterocycles. The second kappa shape index (κ2) is 8.96. The number of carbonyl (C=O) groups excluding carboxylic acids is 2. The predicted octanol–water partition coefficient (Wildman–Crippen LogP) is 4.28. The number of aliphatic carboxylic acids is 1. The number of amides is 1. The van der Waals surface area contributed by atoms with Crippen molar-refractivity contribution >= 4 is 17.7 Å². The first-order chi connectivity index (χ1) is 15.0. The van der Waals surface area contributed by atoms with Crippen LogP contribution in [0.5, 0.6) is 0 Å². The summed E-state index contributed by atoms with van der Waals surface area (Å²) in [4.78, 5) is 36.2. The van der Waals surface area contributed by atoms with Gasteiger partial charge in [-0.3, -0.25) is 9.59 Å². The Balaban J connectivity index is 1.54. The molecule has 5 nitrogen and oxygen atoms in total. The van der Waals surface area contributed by atoms with Gasteiger partial charge in [0.05, 0.1) is 6.04 Å². The number of Topliss-reactive ketones (excluding diaryl/α,β-unsaturated/α-hetero) is 1. The van der Waals surface area contributed by atoms with E-state index in [9.17, 15) is 14.4 Å². The number of fused-ring (bicyclic) bond motifs is 1. The van der Waals surface area contributed by atoms with Crippen LogP contribution in [0.1, 0.15) is 57.4 Å². The van der Waals surface area contributed by atoms with E-state index in [1.54, 1.807) is 12.1 Å². The molecular weight excluding hydrogens is 390 g/mol. The largest absolute Gasteiger partial charge is 0.475 e. The Morgan fingerprint density at radius 1 is 0.871 bits per heavy atom. The minimum Gasteiger partial charge on any atom is -0.475 e. The summed E-state index contributed by atoms with van der Waals surface area (Å²) in [7, 11) is 0. The maximum Gasteiger partial charge on any atom is 0.377 e. The van der Waals surface area contributed by atoms with Crippen molar-refractivity contribution in [2.75, 3.05) is 0 Å². The van der Waals surface area contributed by atoms with Crippen LogP contribution < -0.4 is 5.32 Å². The Labute approximate surface area is 180 Å². The molecule has 2 N–H and O–H groups in total. The van der Waals surface area contributed by atoms with Crippen LogP contribution in [0.25, 0.3) is 0 Å². The molecular formula is C26H23NO4. The highest BCUT2D eigenvalue weighted by Gasteiger charge is 2.30. The molecule has 0 aliphatic heterocycles. The SMILES string of the molecule is O=C(CC1CCc2c(C(=O)C(=O)O)cccc21)NC(c1ccccc1)c1ccccc1. The van der Waals surface area contributed by atoms with E-state index in [0.29, 0.717) is 12.8 Å². The van der Waals surface area contributed by atoms with E-state index in [2.05, 4.69) is 5.32 Å². The van der Waals surface area contributed by atoms with Gasteiger partial charge in [-0.2, -0.15) is 0 Å². The Bertz CT molecular complexity index is 1070. The van der Waals surface area contributed by atoms with Crippen molar-refractivity contribution in [3.05, 3.63) is 107 Å². The van der Waals surface area contributed by atoms with Crippen molar-refractivity contribution in [1.82, 2.24) is 5.32 Å². The fourth-order valence-corrected chi connectivity index (χ4v) is 4.37. The highest BCUT2D eigenvalue weighted by atomic mass is 16.4. The van der Waals surface area contributed by atoms with Crippen LogP contribution in [-0.2, 0) is 16.0 Å². The molecule has 3 aromatic rings. The van der Waals surface area contributed by atoms with Crippen molar-refractivity contribution in [3.8, 4) is 0 Å². The average Bonchev–Trinajstić information content (AvgIpc) is 3.21. The van der Waals surface area contributed by atoms with Crippen LogP contribution in [-0.4, -0.2) is 22.8 Å². The number of rotatable bonds is 7. The first kappa shape index (κ1) is 20.5. The number of carboxylic acid groups (broad SMARTS) is 1. The van der Waals surface area contributed by atoms with Gasteiger partial charge in [-0.15, -0.1) is 0 Å². The first-order valence-corrected chi connectivity index (χ1v) is 10.3. The minimum absolute atomic E-state index is 0.0382. The Morgan fingerprint density at radius 3 is 2.06 bits per heavy atom. The Morgan fingerprint density at radius 2 is 1.48 bits per heavy atom. The normalized spacial score (nSPS) is 14.8. The number of benzene rings is 3. The standard InChI is InChI=1S/C26H23NO4/c28-23(27-24(17-8-3-1-4-9-17)18-10-5-2-6-11-18)16-19-14-15-21-20(19)12-7-13-22(21)25(29)26(30)31/h1-13,19,24H,14-16H2,(H,27,28)(H,30,31). The molecule has 1 aliphatic carbocycles. The molecule has 1 aliphatic rings. The summed E-state index contributed by atoms with van der Waals surface area (Å²) in [6, 6.07) is 24.5. The van der Waals surface area contributed by atoms with Gasteiger partial charge in [-0.1, -0.05) is 78.9 Å². The zero-order chi connectivity index (χ0) is 21.8. The second-order valence-corrected chi connectivity index (χ2v) is 7.77. The van der Waals surface area contributed by atoms with E-state index < -0.39 is 11.8 Å². The van der Waals surface area contributed by atoms with Gasteiger partial charge in [-0.25, -0.2) is 4.79 Å². The highest BCUT2D eigenvalue weighted by molar-refractivity contribution is 6.40. The molecule has 0 fully saturated rings. The lowest BCUT2D eigenvalue weighted by molar-refractivity contribution is -0.131. The highest BCUT2D eigenvalue weighted by Crippen LogP contribution is 2.37. The van der Waals surface area contributed by atoms with Crippen molar-refractivity contribution < 1.29 is 19.5 Å². The lowest BCUT2D eigenvalue weighted by Gasteiger charge is -2.21. The van der Waals surface area contributed by atoms with E-state index in [-0.39, 0.29) is 29.9 Å². The van der Waals surface area contributed by atoms with Crippen molar-refractivity contribution in [2.24, 2.45) is 0 Å². The molecule has 4 rings (SSSR count). The van der Waals surface area contributed by atoms with Gasteiger partial charge in [0.2, 0.25) is 5.91 Å². The summed E-state index contributed by atoms with van der Waals surface area (Å²) in [5.74, 6) is -2.47. The lowest BCUT2D eigenvalue weighted by atomic mass is 9.93. The van der Waals surface area contributed by atoms with Gasteiger partial charge < -0.3 is 10.4 Å². The minimum atomic E-state index is -1.46.